The van der Waals surface area contributed by atoms with Crippen LogP contribution < -0.4 is 10.6 Å². The lowest BCUT2D eigenvalue weighted by Gasteiger charge is -2.05. The number of aromatic carboxylic acids is 1. The lowest BCUT2D eigenvalue weighted by atomic mass is 10.2. The molecule has 122 valence electrons. The Morgan fingerprint density at radius 3 is 2.26 bits per heavy atom. The fourth-order valence-electron chi connectivity index (χ4n) is 1.84. The molecule has 2 rings (SSSR count). The van der Waals surface area contributed by atoms with Crippen molar-refractivity contribution in [3.05, 3.63) is 47.3 Å². The van der Waals surface area contributed by atoms with Crippen LogP contribution in [0.3, 0.4) is 0 Å². The van der Waals surface area contributed by atoms with Crippen LogP contribution in [0.4, 0.5) is 0 Å². The van der Waals surface area contributed by atoms with Crippen molar-refractivity contribution >= 4 is 17.8 Å². The van der Waals surface area contributed by atoms with E-state index in [4.69, 9.17) is 13.9 Å². The molecule has 0 fully saturated rings. The van der Waals surface area contributed by atoms with Crippen LogP contribution in [0, 0.1) is 6.92 Å². The Labute approximate surface area is 131 Å². The van der Waals surface area contributed by atoms with E-state index in [0.29, 0.717) is 19.5 Å². The number of carboxylic acid groups (broad SMARTS) is 1. The van der Waals surface area contributed by atoms with E-state index in [2.05, 4.69) is 10.6 Å². The number of furan rings is 2. The molecule has 0 saturated heterocycles. The summed E-state index contributed by atoms with van der Waals surface area (Å²) < 4.78 is 9.93. The minimum Gasteiger partial charge on any atom is -0.475 e. The number of aryl methyl sites for hydroxylation is 1. The number of hydrogen-bond donors (Lipinski definition) is 3. The average molecular weight is 320 g/mol. The van der Waals surface area contributed by atoms with Crippen LogP contribution in [0.25, 0.3) is 0 Å². The normalized spacial score (nSPS) is 10.3. The molecule has 8 heteroatoms. The first-order chi connectivity index (χ1) is 11.0. The van der Waals surface area contributed by atoms with Gasteiger partial charge >= 0.3 is 5.97 Å². The molecule has 0 aliphatic carbocycles. The van der Waals surface area contributed by atoms with Crippen molar-refractivity contribution in [2.24, 2.45) is 0 Å². The number of amides is 2. The summed E-state index contributed by atoms with van der Waals surface area (Å²) in [5, 5.41) is 13.9. The van der Waals surface area contributed by atoms with Crippen LogP contribution in [0.5, 0.6) is 0 Å². The third-order valence-electron chi connectivity index (χ3n) is 3.03. The Morgan fingerprint density at radius 2 is 1.70 bits per heavy atom. The van der Waals surface area contributed by atoms with Gasteiger partial charge in [-0.1, -0.05) is 0 Å². The van der Waals surface area contributed by atoms with E-state index < -0.39 is 11.9 Å². The lowest BCUT2D eigenvalue weighted by molar-refractivity contribution is 0.0659. The highest BCUT2D eigenvalue weighted by molar-refractivity contribution is 5.93. The molecule has 2 heterocycles. The molecule has 0 spiro atoms. The predicted molar refractivity (Wildman–Crippen MR) is 78.4 cm³/mol. The summed E-state index contributed by atoms with van der Waals surface area (Å²) in [6.45, 7) is 2.44. The highest BCUT2D eigenvalue weighted by atomic mass is 16.4. The number of hydrogen-bond acceptors (Lipinski definition) is 5. The van der Waals surface area contributed by atoms with Gasteiger partial charge in [0.2, 0.25) is 5.76 Å². The summed E-state index contributed by atoms with van der Waals surface area (Å²) in [5.41, 5.74) is 0.753. The van der Waals surface area contributed by atoms with Gasteiger partial charge in [-0.25, -0.2) is 4.79 Å². The minimum atomic E-state index is -1.24. The maximum Gasteiger partial charge on any atom is 0.371 e. The molecule has 23 heavy (non-hydrogen) atoms. The van der Waals surface area contributed by atoms with Gasteiger partial charge in [-0.3, -0.25) is 9.59 Å². The van der Waals surface area contributed by atoms with Gasteiger partial charge in [0.25, 0.3) is 11.8 Å². The van der Waals surface area contributed by atoms with Gasteiger partial charge in [-0.2, -0.15) is 0 Å². The predicted octanol–water partition coefficient (Wildman–Crippen LogP) is 1.43. The van der Waals surface area contributed by atoms with Crippen molar-refractivity contribution in [2.45, 2.75) is 13.3 Å². The highest BCUT2D eigenvalue weighted by Crippen LogP contribution is 2.08. The third-order valence-corrected chi connectivity index (χ3v) is 3.03. The van der Waals surface area contributed by atoms with E-state index in [-0.39, 0.29) is 23.2 Å². The Hall–Kier alpha value is -3.03. The zero-order chi connectivity index (χ0) is 16.8. The van der Waals surface area contributed by atoms with Crippen LogP contribution >= 0.6 is 0 Å². The molecule has 2 amide bonds. The molecule has 0 aliphatic rings. The zero-order valence-electron chi connectivity index (χ0n) is 12.4. The second-order valence-electron chi connectivity index (χ2n) is 4.77. The maximum atomic E-state index is 11.7. The minimum absolute atomic E-state index is 0.0716. The summed E-state index contributed by atoms with van der Waals surface area (Å²) >= 11 is 0. The van der Waals surface area contributed by atoms with Crippen molar-refractivity contribution in [1.29, 1.82) is 0 Å². The Kier molecular flexibility index (Phi) is 5.19. The molecule has 2 aromatic rings. The van der Waals surface area contributed by atoms with Crippen molar-refractivity contribution in [2.75, 3.05) is 13.1 Å². The van der Waals surface area contributed by atoms with Crippen molar-refractivity contribution < 1.29 is 28.3 Å². The summed E-state index contributed by atoms with van der Waals surface area (Å²) in [6, 6.07) is 4.20. The Bertz CT molecular complexity index is 715. The maximum absolute atomic E-state index is 11.7. The van der Waals surface area contributed by atoms with Gasteiger partial charge in [0.05, 0.1) is 6.26 Å². The summed E-state index contributed by atoms with van der Waals surface area (Å²) in [6.07, 6.45) is 1.95. The number of rotatable bonds is 7. The van der Waals surface area contributed by atoms with E-state index in [9.17, 15) is 14.4 Å². The summed E-state index contributed by atoms with van der Waals surface area (Å²) in [4.78, 5) is 34.1. The summed E-state index contributed by atoms with van der Waals surface area (Å²) in [7, 11) is 0. The number of carbonyl (C=O) groups is 3. The monoisotopic (exact) mass is 320 g/mol. The quantitative estimate of drug-likeness (QED) is 0.663. The van der Waals surface area contributed by atoms with E-state index in [0.717, 1.165) is 5.56 Å². The van der Waals surface area contributed by atoms with E-state index in [1.165, 1.54) is 18.4 Å². The molecule has 0 unspecified atom stereocenters. The molecule has 0 atom stereocenters. The van der Waals surface area contributed by atoms with Gasteiger partial charge in [-0.15, -0.1) is 0 Å². The van der Waals surface area contributed by atoms with Crippen LogP contribution in [0.1, 0.15) is 43.6 Å². The smallest absolute Gasteiger partial charge is 0.371 e. The first kappa shape index (κ1) is 16.3. The number of nitrogens with one attached hydrogen (secondary N) is 2. The fraction of sp³-hybridized carbons (Fsp3) is 0.267. The molecule has 0 saturated carbocycles. The van der Waals surface area contributed by atoms with Crippen LogP contribution in [-0.4, -0.2) is 36.0 Å². The lowest BCUT2D eigenvalue weighted by Crippen LogP contribution is -2.29. The topological polar surface area (TPSA) is 122 Å². The molecule has 0 bridgehead atoms. The number of carbonyl (C=O) groups excluding carboxylic acids is 2. The third kappa shape index (κ3) is 4.22. The standard InChI is InChI=1S/C15H16N2O6/c1-9-5-8-22-12(9)14(19)17-7-2-6-16-13(18)10-3-4-11(23-10)15(20)21/h3-5,8H,2,6-7H2,1H3,(H,16,18)(H,17,19)(H,20,21). The molecule has 3 N–H and O–H groups in total. The van der Waals surface area contributed by atoms with Crippen LogP contribution in [0.15, 0.2) is 33.3 Å². The first-order valence-electron chi connectivity index (χ1n) is 6.92. The molecular weight excluding hydrogens is 304 g/mol. The van der Waals surface area contributed by atoms with E-state index >= 15 is 0 Å². The molecule has 0 aromatic carbocycles. The molecule has 0 aliphatic heterocycles. The van der Waals surface area contributed by atoms with Gasteiger partial charge in [0.15, 0.2) is 11.5 Å². The second kappa shape index (κ2) is 7.30. The molecular formula is C15H16N2O6. The van der Waals surface area contributed by atoms with Gasteiger partial charge < -0.3 is 24.6 Å². The number of carboxylic acids is 1. The van der Waals surface area contributed by atoms with Crippen molar-refractivity contribution in [1.82, 2.24) is 10.6 Å². The molecule has 8 nitrogen and oxygen atoms in total. The van der Waals surface area contributed by atoms with Gasteiger partial charge in [-0.05, 0) is 31.5 Å². The van der Waals surface area contributed by atoms with Crippen molar-refractivity contribution in [3.63, 3.8) is 0 Å². The van der Waals surface area contributed by atoms with Crippen LogP contribution in [-0.2, 0) is 0 Å². The van der Waals surface area contributed by atoms with Gasteiger partial charge in [0.1, 0.15) is 0 Å². The van der Waals surface area contributed by atoms with Crippen LogP contribution in [0.2, 0.25) is 0 Å². The zero-order valence-corrected chi connectivity index (χ0v) is 12.4. The highest BCUT2D eigenvalue weighted by Gasteiger charge is 2.14. The largest absolute Gasteiger partial charge is 0.475 e. The van der Waals surface area contributed by atoms with Gasteiger partial charge in [0, 0.05) is 18.7 Å². The first-order valence-corrected chi connectivity index (χ1v) is 6.92. The fourth-order valence-corrected chi connectivity index (χ4v) is 1.84. The Balaban J connectivity index is 1.69. The molecule has 0 radical (unpaired) electrons. The SMILES string of the molecule is Cc1ccoc1C(=O)NCCCNC(=O)c1ccc(C(=O)O)o1. The van der Waals surface area contributed by atoms with Crippen molar-refractivity contribution in [3.8, 4) is 0 Å². The van der Waals surface area contributed by atoms with E-state index in [1.54, 1.807) is 13.0 Å². The average Bonchev–Trinajstić information content (AvgIpc) is 3.15. The second-order valence-corrected chi connectivity index (χ2v) is 4.77. The Morgan fingerprint density at radius 1 is 1.04 bits per heavy atom. The summed E-state index contributed by atoms with van der Waals surface area (Å²) in [5.74, 6) is -2.15. The van der Waals surface area contributed by atoms with E-state index in [1.807, 2.05) is 0 Å². The molecule has 2 aromatic heterocycles.